The average molecular weight is 314 g/mol. The number of amides is 1. The SMILES string of the molecule is CN(C(=O)c1ccc(OC2CCSC2)nc1)c1ccccc1. The maximum atomic E-state index is 12.4. The number of carbonyl (C=O) groups excluding carboxylic acids is 1. The Morgan fingerprint density at radius 3 is 2.73 bits per heavy atom. The zero-order valence-corrected chi connectivity index (χ0v) is 13.3. The molecule has 1 atom stereocenters. The number of anilines is 1. The molecular formula is C17H18N2O2S. The molecule has 114 valence electrons. The molecule has 2 heterocycles. The molecule has 0 bridgehead atoms. The van der Waals surface area contributed by atoms with Crippen LogP contribution in [0.15, 0.2) is 48.7 Å². The molecule has 1 unspecified atom stereocenters. The summed E-state index contributed by atoms with van der Waals surface area (Å²) in [5, 5.41) is 0. The summed E-state index contributed by atoms with van der Waals surface area (Å²) in [5.74, 6) is 2.66. The molecule has 0 aliphatic carbocycles. The molecule has 0 N–H and O–H groups in total. The largest absolute Gasteiger partial charge is 0.473 e. The molecule has 4 nitrogen and oxygen atoms in total. The number of hydrogen-bond donors (Lipinski definition) is 0. The molecule has 1 amide bonds. The van der Waals surface area contributed by atoms with Gasteiger partial charge in [0.05, 0.1) is 5.56 Å². The third-order valence-corrected chi connectivity index (χ3v) is 4.74. The topological polar surface area (TPSA) is 42.4 Å². The van der Waals surface area contributed by atoms with Gasteiger partial charge in [-0.25, -0.2) is 4.98 Å². The van der Waals surface area contributed by atoms with Gasteiger partial charge in [-0.2, -0.15) is 11.8 Å². The molecule has 3 rings (SSSR count). The molecule has 0 radical (unpaired) electrons. The molecular weight excluding hydrogens is 296 g/mol. The van der Waals surface area contributed by atoms with Crippen LogP contribution >= 0.6 is 11.8 Å². The first-order chi connectivity index (χ1) is 10.7. The Labute approximate surface area is 134 Å². The van der Waals surface area contributed by atoms with Crippen molar-refractivity contribution in [1.29, 1.82) is 0 Å². The monoisotopic (exact) mass is 314 g/mol. The molecule has 1 aromatic heterocycles. The lowest BCUT2D eigenvalue weighted by Crippen LogP contribution is -2.26. The Balaban J connectivity index is 1.68. The van der Waals surface area contributed by atoms with E-state index in [0.29, 0.717) is 11.4 Å². The lowest BCUT2D eigenvalue weighted by atomic mass is 10.2. The Morgan fingerprint density at radius 1 is 1.27 bits per heavy atom. The van der Waals surface area contributed by atoms with Gasteiger partial charge in [-0.1, -0.05) is 18.2 Å². The number of rotatable bonds is 4. The van der Waals surface area contributed by atoms with Crippen LogP contribution in [0, 0.1) is 0 Å². The summed E-state index contributed by atoms with van der Waals surface area (Å²) in [7, 11) is 1.76. The van der Waals surface area contributed by atoms with E-state index in [1.54, 1.807) is 30.3 Å². The number of para-hydroxylation sites is 1. The molecule has 1 fully saturated rings. The normalized spacial score (nSPS) is 17.2. The second kappa shape index (κ2) is 6.83. The fraction of sp³-hybridized carbons (Fsp3) is 0.294. The van der Waals surface area contributed by atoms with Gasteiger partial charge in [-0.05, 0) is 30.4 Å². The van der Waals surface area contributed by atoms with Crippen molar-refractivity contribution < 1.29 is 9.53 Å². The van der Waals surface area contributed by atoms with Crippen molar-refractivity contribution in [2.75, 3.05) is 23.5 Å². The van der Waals surface area contributed by atoms with Crippen molar-refractivity contribution in [3.05, 3.63) is 54.2 Å². The highest BCUT2D eigenvalue weighted by atomic mass is 32.2. The Morgan fingerprint density at radius 2 is 2.09 bits per heavy atom. The number of benzene rings is 1. The van der Waals surface area contributed by atoms with Gasteiger partial charge in [-0.3, -0.25) is 4.79 Å². The van der Waals surface area contributed by atoms with E-state index in [2.05, 4.69) is 4.98 Å². The summed E-state index contributed by atoms with van der Waals surface area (Å²) < 4.78 is 5.80. The van der Waals surface area contributed by atoms with Crippen molar-refractivity contribution in [3.63, 3.8) is 0 Å². The number of hydrogen-bond acceptors (Lipinski definition) is 4. The van der Waals surface area contributed by atoms with Crippen molar-refractivity contribution >= 4 is 23.4 Å². The van der Waals surface area contributed by atoms with E-state index >= 15 is 0 Å². The van der Waals surface area contributed by atoms with Gasteiger partial charge in [0.25, 0.3) is 5.91 Å². The smallest absolute Gasteiger partial charge is 0.259 e. The molecule has 1 aliphatic rings. The van der Waals surface area contributed by atoms with Crippen molar-refractivity contribution in [1.82, 2.24) is 4.98 Å². The summed E-state index contributed by atoms with van der Waals surface area (Å²) in [6, 6.07) is 13.1. The lowest BCUT2D eigenvalue weighted by molar-refractivity contribution is 0.0992. The first-order valence-corrected chi connectivity index (χ1v) is 8.43. The van der Waals surface area contributed by atoms with Crippen molar-refractivity contribution in [2.24, 2.45) is 0 Å². The highest BCUT2D eigenvalue weighted by Crippen LogP contribution is 2.22. The minimum absolute atomic E-state index is 0.0818. The van der Waals surface area contributed by atoms with Gasteiger partial charge < -0.3 is 9.64 Å². The summed E-state index contributed by atoms with van der Waals surface area (Å²) >= 11 is 1.90. The second-order valence-corrected chi connectivity index (χ2v) is 6.34. The maximum Gasteiger partial charge on any atom is 0.259 e. The average Bonchev–Trinajstić information content (AvgIpc) is 3.08. The highest BCUT2D eigenvalue weighted by molar-refractivity contribution is 7.99. The molecule has 2 aromatic rings. The minimum Gasteiger partial charge on any atom is -0.473 e. The van der Waals surface area contributed by atoms with Gasteiger partial charge in [0, 0.05) is 30.8 Å². The number of nitrogens with zero attached hydrogens (tertiary/aromatic N) is 2. The fourth-order valence-electron chi connectivity index (χ4n) is 2.32. The van der Waals surface area contributed by atoms with Crippen LogP contribution in [0.1, 0.15) is 16.8 Å². The van der Waals surface area contributed by atoms with Crippen LogP contribution < -0.4 is 9.64 Å². The van der Waals surface area contributed by atoms with Gasteiger partial charge in [0.15, 0.2) is 0 Å². The molecule has 1 aliphatic heterocycles. The molecule has 0 spiro atoms. The molecule has 5 heteroatoms. The Hall–Kier alpha value is -2.01. The molecule has 22 heavy (non-hydrogen) atoms. The van der Waals surface area contributed by atoms with Crippen LogP contribution in [-0.2, 0) is 0 Å². The first kappa shape index (κ1) is 14.9. The van der Waals surface area contributed by atoms with Gasteiger partial charge in [0.2, 0.25) is 5.88 Å². The quantitative estimate of drug-likeness (QED) is 0.869. The molecule has 0 saturated carbocycles. The predicted octanol–water partition coefficient (Wildman–Crippen LogP) is 3.24. The van der Waals surface area contributed by atoms with E-state index in [9.17, 15) is 4.79 Å². The van der Waals surface area contributed by atoms with Crippen LogP contribution in [0.3, 0.4) is 0 Å². The number of ether oxygens (including phenoxy) is 1. The Bertz CT molecular complexity index is 625. The zero-order chi connectivity index (χ0) is 15.4. The van der Waals surface area contributed by atoms with Crippen LogP contribution in [0.4, 0.5) is 5.69 Å². The lowest BCUT2D eigenvalue weighted by Gasteiger charge is -2.17. The van der Waals surface area contributed by atoms with Crippen molar-refractivity contribution in [2.45, 2.75) is 12.5 Å². The summed E-state index contributed by atoms with van der Waals surface area (Å²) in [4.78, 5) is 18.3. The third-order valence-electron chi connectivity index (χ3n) is 3.61. The number of carbonyl (C=O) groups is 1. The standard InChI is InChI=1S/C17H18N2O2S/c1-19(14-5-3-2-4-6-14)17(20)13-7-8-16(18-11-13)21-15-9-10-22-12-15/h2-8,11,15H,9-10,12H2,1H3. The van der Waals surface area contributed by atoms with E-state index in [1.165, 1.54) is 0 Å². The van der Waals surface area contributed by atoms with Gasteiger partial charge in [0.1, 0.15) is 6.10 Å². The number of thioether (sulfide) groups is 1. The van der Waals surface area contributed by atoms with Crippen LogP contribution in [-0.4, -0.2) is 35.5 Å². The van der Waals surface area contributed by atoms with E-state index < -0.39 is 0 Å². The van der Waals surface area contributed by atoms with Crippen LogP contribution in [0.5, 0.6) is 5.88 Å². The van der Waals surface area contributed by atoms with E-state index in [1.807, 2.05) is 42.1 Å². The van der Waals surface area contributed by atoms with E-state index in [4.69, 9.17) is 4.74 Å². The van der Waals surface area contributed by atoms with Crippen molar-refractivity contribution in [3.8, 4) is 5.88 Å². The van der Waals surface area contributed by atoms with Crippen LogP contribution in [0.25, 0.3) is 0 Å². The fourth-order valence-corrected chi connectivity index (χ4v) is 3.41. The molecule has 1 saturated heterocycles. The van der Waals surface area contributed by atoms with Gasteiger partial charge in [-0.15, -0.1) is 0 Å². The van der Waals surface area contributed by atoms with E-state index in [-0.39, 0.29) is 12.0 Å². The third kappa shape index (κ3) is 3.42. The van der Waals surface area contributed by atoms with Crippen LogP contribution in [0.2, 0.25) is 0 Å². The predicted molar refractivity (Wildman–Crippen MR) is 89.8 cm³/mol. The highest BCUT2D eigenvalue weighted by Gasteiger charge is 2.18. The Kier molecular flexibility index (Phi) is 4.63. The summed E-state index contributed by atoms with van der Waals surface area (Å²) in [6.07, 6.45) is 2.88. The second-order valence-electron chi connectivity index (χ2n) is 5.19. The number of pyridine rings is 1. The van der Waals surface area contributed by atoms with E-state index in [0.717, 1.165) is 23.6 Å². The maximum absolute atomic E-state index is 12.4. The summed E-state index contributed by atoms with van der Waals surface area (Å²) in [5.41, 5.74) is 1.41. The zero-order valence-electron chi connectivity index (χ0n) is 12.4. The molecule has 1 aromatic carbocycles. The first-order valence-electron chi connectivity index (χ1n) is 7.27. The number of aromatic nitrogens is 1. The van der Waals surface area contributed by atoms with Gasteiger partial charge >= 0.3 is 0 Å². The summed E-state index contributed by atoms with van der Waals surface area (Å²) in [6.45, 7) is 0. The minimum atomic E-state index is -0.0818.